The van der Waals surface area contributed by atoms with Crippen molar-refractivity contribution in [1.29, 1.82) is 0 Å². The molecular formula is C40H48O2. The number of hydrogen-bond acceptors (Lipinski definition) is 2. The first-order valence-electron chi connectivity index (χ1n) is 15.7. The van der Waals surface area contributed by atoms with Gasteiger partial charge in [0.15, 0.2) is 0 Å². The van der Waals surface area contributed by atoms with Crippen molar-refractivity contribution >= 4 is 0 Å². The largest absolute Gasteiger partial charge is 0.492 e. The van der Waals surface area contributed by atoms with E-state index in [1.165, 1.54) is 62.5 Å². The molecule has 1 aliphatic rings. The lowest BCUT2D eigenvalue weighted by Gasteiger charge is -2.20. The molecule has 2 nitrogen and oxygen atoms in total. The predicted molar refractivity (Wildman–Crippen MR) is 177 cm³/mol. The van der Waals surface area contributed by atoms with E-state index in [0.29, 0.717) is 13.2 Å². The monoisotopic (exact) mass is 560 g/mol. The first-order chi connectivity index (χ1) is 20.1. The Balaban J connectivity index is 1.83. The summed E-state index contributed by atoms with van der Waals surface area (Å²) >= 11 is 0. The van der Waals surface area contributed by atoms with Gasteiger partial charge >= 0.3 is 0 Å². The van der Waals surface area contributed by atoms with Gasteiger partial charge in [-0.25, -0.2) is 0 Å². The molecule has 2 aromatic rings. The quantitative estimate of drug-likeness (QED) is 0.299. The van der Waals surface area contributed by atoms with Crippen molar-refractivity contribution < 1.29 is 9.47 Å². The molecule has 0 atom stereocenters. The molecule has 0 spiro atoms. The van der Waals surface area contributed by atoms with Crippen LogP contribution in [0.3, 0.4) is 0 Å². The van der Waals surface area contributed by atoms with Gasteiger partial charge in [-0.05, 0) is 106 Å². The third-order valence-electron chi connectivity index (χ3n) is 7.45. The summed E-state index contributed by atoms with van der Waals surface area (Å²) in [6, 6.07) is 12.6. The van der Waals surface area contributed by atoms with Crippen LogP contribution < -0.4 is 9.47 Å². The second kappa shape index (κ2) is 16.7. The van der Waals surface area contributed by atoms with E-state index in [-0.39, 0.29) is 10.8 Å². The number of rotatable bonds is 0. The third-order valence-corrected chi connectivity index (χ3v) is 7.45. The smallest absolute Gasteiger partial charge is 0.134 e. The Morgan fingerprint density at radius 2 is 0.786 bits per heavy atom. The summed E-state index contributed by atoms with van der Waals surface area (Å²) in [5, 5.41) is 0. The van der Waals surface area contributed by atoms with Gasteiger partial charge in [0, 0.05) is 0 Å². The minimum Gasteiger partial charge on any atom is -0.492 e. The molecule has 0 fully saturated rings. The van der Waals surface area contributed by atoms with Crippen molar-refractivity contribution in [2.45, 2.75) is 117 Å². The molecule has 0 saturated carbocycles. The molecule has 0 amide bonds. The summed E-state index contributed by atoms with van der Waals surface area (Å²) < 4.78 is 12.3. The average Bonchev–Trinajstić information content (AvgIpc) is 2.94. The summed E-state index contributed by atoms with van der Waals surface area (Å²) in [4.78, 5) is 0. The van der Waals surface area contributed by atoms with Crippen molar-refractivity contribution in [3.63, 3.8) is 0 Å². The highest BCUT2D eigenvalue weighted by Crippen LogP contribution is 2.29. The summed E-state index contributed by atoms with van der Waals surface area (Å²) in [7, 11) is 0. The molecule has 0 saturated heterocycles. The van der Waals surface area contributed by atoms with Crippen LogP contribution in [0.25, 0.3) is 0 Å². The molecule has 1 aliphatic heterocycles. The fourth-order valence-electron chi connectivity index (χ4n) is 4.74. The first-order valence-corrected chi connectivity index (χ1v) is 15.7. The third kappa shape index (κ3) is 11.6. The van der Waals surface area contributed by atoms with Crippen LogP contribution in [0.15, 0.2) is 36.4 Å². The van der Waals surface area contributed by atoms with Gasteiger partial charge in [-0.1, -0.05) is 105 Å². The van der Waals surface area contributed by atoms with Crippen LogP contribution in [0.4, 0.5) is 0 Å². The number of fused-ring (bicyclic) bond motifs is 2. The fourth-order valence-corrected chi connectivity index (χ4v) is 4.74. The Hall–Kier alpha value is -3.72. The van der Waals surface area contributed by atoms with Gasteiger partial charge in [-0.3, -0.25) is 0 Å². The van der Waals surface area contributed by atoms with Crippen molar-refractivity contribution in [3.8, 4) is 58.9 Å². The summed E-state index contributed by atoms with van der Waals surface area (Å²) in [6.45, 7) is 14.7. The number of benzene rings is 2. The highest BCUT2D eigenvalue weighted by molar-refractivity contribution is 5.54. The maximum absolute atomic E-state index is 6.17. The van der Waals surface area contributed by atoms with Gasteiger partial charge in [-0.15, -0.1) is 0 Å². The lowest BCUT2D eigenvalue weighted by Crippen LogP contribution is -2.11. The van der Waals surface area contributed by atoms with Crippen molar-refractivity contribution in [2.24, 2.45) is 0 Å². The first kappa shape index (κ1) is 32.8. The highest BCUT2D eigenvalue weighted by Gasteiger charge is 2.16. The van der Waals surface area contributed by atoms with E-state index in [2.05, 4.69) is 125 Å². The fraction of sp³-hybridized carbons (Fsp3) is 0.500. The number of hydrogen-bond donors (Lipinski definition) is 0. The second-order valence-electron chi connectivity index (χ2n) is 13.2. The maximum Gasteiger partial charge on any atom is 0.134 e. The Labute approximate surface area is 256 Å². The van der Waals surface area contributed by atoms with Gasteiger partial charge in [0.2, 0.25) is 0 Å². The van der Waals surface area contributed by atoms with E-state index in [1.807, 2.05) is 0 Å². The van der Waals surface area contributed by atoms with E-state index in [0.717, 1.165) is 35.5 Å². The van der Waals surface area contributed by atoms with Crippen LogP contribution in [0, 0.1) is 47.4 Å². The maximum atomic E-state index is 6.17. The topological polar surface area (TPSA) is 18.5 Å². The Morgan fingerprint density at radius 3 is 1.14 bits per heavy atom. The molecule has 0 aliphatic carbocycles. The summed E-state index contributed by atoms with van der Waals surface area (Å²) in [6.07, 6.45) is 12.3. The van der Waals surface area contributed by atoms with Crippen LogP contribution in [-0.4, -0.2) is 13.2 Å². The van der Waals surface area contributed by atoms with Crippen LogP contribution in [0.5, 0.6) is 11.5 Å². The van der Waals surface area contributed by atoms with Crippen LogP contribution >= 0.6 is 0 Å². The molecule has 0 aromatic heterocycles. The zero-order valence-corrected chi connectivity index (χ0v) is 26.8. The zero-order chi connectivity index (χ0) is 30.3. The van der Waals surface area contributed by atoms with Gasteiger partial charge in [0.05, 0.1) is 24.3 Å². The second-order valence-corrected chi connectivity index (χ2v) is 13.2. The lowest BCUT2D eigenvalue weighted by atomic mass is 9.86. The number of ether oxygens (including phenoxy) is 2. The van der Waals surface area contributed by atoms with Gasteiger partial charge in [0.1, 0.15) is 11.5 Å². The van der Waals surface area contributed by atoms with Gasteiger partial charge in [-0.2, -0.15) is 0 Å². The van der Waals surface area contributed by atoms with Crippen LogP contribution in [-0.2, 0) is 10.8 Å². The van der Waals surface area contributed by atoms with Crippen molar-refractivity contribution in [2.75, 3.05) is 13.2 Å². The molecule has 42 heavy (non-hydrogen) atoms. The average molecular weight is 561 g/mol. The molecule has 2 heteroatoms. The Morgan fingerprint density at radius 1 is 0.452 bits per heavy atom. The zero-order valence-electron chi connectivity index (χ0n) is 26.8. The predicted octanol–water partition coefficient (Wildman–Crippen LogP) is 9.36. The SMILES string of the molecule is CC(C)(C)c1ccc2c(c1)C#CC#CC#CC#Cc1cc(C(C)(C)C)ccc1OCCCCCCCCCCCCO2. The van der Waals surface area contributed by atoms with Crippen molar-refractivity contribution in [3.05, 3.63) is 58.7 Å². The molecular weight excluding hydrogens is 512 g/mol. The highest BCUT2D eigenvalue weighted by atomic mass is 16.5. The minimum atomic E-state index is 0.0285. The molecule has 1 heterocycles. The van der Waals surface area contributed by atoms with Crippen molar-refractivity contribution in [1.82, 2.24) is 0 Å². The molecule has 220 valence electrons. The Kier molecular flexibility index (Phi) is 13.0. The molecule has 3 rings (SSSR count). The molecule has 2 aromatic carbocycles. The van der Waals surface area contributed by atoms with E-state index < -0.39 is 0 Å². The van der Waals surface area contributed by atoms with Gasteiger partial charge < -0.3 is 9.47 Å². The van der Waals surface area contributed by atoms with E-state index in [4.69, 9.17) is 9.47 Å². The summed E-state index contributed by atoms with van der Waals surface area (Å²) in [5.41, 5.74) is 4.25. The van der Waals surface area contributed by atoms with Crippen LogP contribution in [0.2, 0.25) is 0 Å². The Bertz CT molecular complexity index is 1300. The van der Waals surface area contributed by atoms with E-state index in [9.17, 15) is 0 Å². The molecule has 0 bridgehead atoms. The standard InChI is InChI=1S/C40H48O2/c1-39(2,3)35-25-27-37-33(31-35)23-19-15-11-12-16-20-24-34-32-36(40(4,5)6)26-28-38(34)42-30-22-18-14-10-8-7-9-13-17-21-29-41-37/h25-28,31-32H,7-10,13-14,17-18,21-22,29-30H2,1-6H3. The van der Waals surface area contributed by atoms with E-state index in [1.54, 1.807) is 0 Å². The minimum absolute atomic E-state index is 0.0285. The van der Waals surface area contributed by atoms with E-state index >= 15 is 0 Å². The molecule has 0 N–H and O–H groups in total. The summed E-state index contributed by atoms with van der Waals surface area (Å²) in [5.74, 6) is 25.3. The molecule has 0 radical (unpaired) electrons. The molecule has 0 unspecified atom stereocenters. The van der Waals surface area contributed by atoms with Crippen LogP contribution in [0.1, 0.15) is 128 Å². The normalized spacial score (nSPS) is 15.6. The van der Waals surface area contributed by atoms with Gasteiger partial charge in [0.25, 0.3) is 0 Å². The lowest BCUT2D eigenvalue weighted by molar-refractivity contribution is 0.302.